The first-order chi connectivity index (χ1) is 8.13. The van der Waals surface area contributed by atoms with Crippen LogP contribution < -0.4 is 10.6 Å². The first-order valence-electron chi connectivity index (χ1n) is 4.39. The third kappa shape index (κ3) is 4.31. The van der Waals surface area contributed by atoms with E-state index in [-0.39, 0.29) is 5.57 Å². The number of hydrogen-bond donors (Lipinski definition) is 3. The van der Waals surface area contributed by atoms with Gasteiger partial charge in [0.2, 0.25) is 0 Å². The summed E-state index contributed by atoms with van der Waals surface area (Å²) in [4.78, 5) is 25.4. The Hall–Kier alpha value is -2.40. The van der Waals surface area contributed by atoms with Crippen molar-refractivity contribution in [1.82, 2.24) is 10.3 Å². The van der Waals surface area contributed by atoms with Gasteiger partial charge in [-0.1, -0.05) is 0 Å². The third-order valence-electron chi connectivity index (χ3n) is 1.54. The Morgan fingerprint density at radius 3 is 2.94 bits per heavy atom. The largest absolute Gasteiger partial charge is 0.480 e. The molecule has 1 aromatic heterocycles. The predicted octanol–water partition coefficient (Wildman–Crippen LogP) is 0.163. The van der Waals surface area contributed by atoms with Gasteiger partial charge >= 0.3 is 5.97 Å². The Labute approximate surface area is 100 Å². The van der Waals surface area contributed by atoms with Crippen LogP contribution in [0.15, 0.2) is 23.3 Å². The maximum atomic E-state index is 11.3. The minimum Gasteiger partial charge on any atom is -0.480 e. The number of carbonyl (C=O) groups is 2. The highest BCUT2D eigenvalue weighted by Gasteiger charge is 2.09. The highest BCUT2D eigenvalue weighted by Crippen LogP contribution is 2.10. The van der Waals surface area contributed by atoms with Crippen LogP contribution >= 0.6 is 11.3 Å². The lowest BCUT2D eigenvalue weighted by Gasteiger charge is -2.00. The van der Waals surface area contributed by atoms with Gasteiger partial charge in [0.15, 0.2) is 5.13 Å². The van der Waals surface area contributed by atoms with E-state index in [1.54, 1.807) is 17.6 Å². The number of amides is 1. The van der Waals surface area contributed by atoms with Crippen molar-refractivity contribution >= 4 is 28.3 Å². The normalized spacial score (nSPS) is 10.4. The maximum Gasteiger partial charge on any atom is 0.322 e. The van der Waals surface area contributed by atoms with Crippen LogP contribution in [0.1, 0.15) is 0 Å². The molecule has 1 heterocycles. The van der Waals surface area contributed by atoms with Gasteiger partial charge in [-0.2, -0.15) is 5.26 Å². The summed E-state index contributed by atoms with van der Waals surface area (Å²) in [5.41, 5.74) is -0.221. The number of aromatic nitrogens is 1. The molecule has 0 aromatic carbocycles. The van der Waals surface area contributed by atoms with Gasteiger partial charge in [-0.05, 0) is 0 Å². The molecule has 1 aromatic rings. The molecule has 3 N–H and O–H groups in total. The van der Waals surface area contributed by atoms with Crippen molar-refractivity contribution < 1.29 is 14.7 Å². The number of carboxylic acid groups (broad SMARTS) is 1. The van der Waals surface area contributed by atoms with Gasteiger partial charge in [0, 0.05) is 17.8 Å². The number of nitriles is 1. The molecule has 0 spiro atoms. The van der Waals surface area contributed by atoms with Crippen molar-refractivity contribution in [3.05, 3.63) is 23.3 Å². The van der Waals surface area contributed by atoms with Gasteiger partial charge in [0.05, 0.1) is 0 Å². The molecule has 0 aliphatic rings. The average Bonchev–Trinajstić information content (AvgIpc) is 2.80. The molecule has 0 bridgehead atoms. The fourth-order valence-corrected chi connectivity index (χ4v) is 1.33. The van der Waals surface area contributed by atoms with Crippen molar-refractivity contribution in [2.75, 3.05) is 11.9 Å². The second-order valence-corrected chi connectivity index (χ2v) is 3.62. The molecular weight excluding hydrogens is 244 g/mol. The quantitative estimate of drug-likeness (QED) is 0.508. The number of nitrogens with one attached hydrogen (secondary N) is 2. The fraction of sp³-hybridized carbons (Fsp3) is 0.111. The Kier molecular flexibility index (Phi) is 4.65. The van der Waals surface area contributed by atoms with Crippen LogP contribution in [0.2, 0.25) is 0 Å². The standard InChI is InChI=1S/C9H8N4O3S/c10-3-6(8(16)12-5-7(14)15)4-13-9-11-1-2-17-9/h1-2,4H,5H2,(H,11,13)(H,12,16)(H,14,15)/b6-4-. The molecule has 0 radical (unpaired) electrons. The zero-order valence-electron chi connectivity index (χ0n) is 8.51. The molecule has 0 aliphatic carbocycles. The lowest BCUT2D eigenvalue weighted by Crippen LogP contribution is -2.30. The number of hydrogen-bond acceptors (Lipinski definition) is 6. The summed E-state index contributed by atoms with van der Waals surface area (Å²) in [5.74, 6) is -1.93. The van der Waals surface area contributed by atoms with E-state index in [4.69, 9.17) is 10.4 Å². The third-order valence-corrected chi connectivity index (χ3v) is 2.24. The van der Waals surface area contributed by atoms with E-state index in [2.05, 4.69) is 15.6 Å². The van der Waals surface area contributed by atoms with E-state index in [0.717, 1.165) is 0 Å². The molecular formula is C9H8N4O3S. The van der Waals surface area contributed by atoms with Crippen LogP contribution in [-0.2, 0) is 9.59 Å². The Morgan fingerprint density at radius 1 is 1.65 bits per heavy atom. The average molecular weight is 252 g/mol. The molecule has 0 saturated carbocycles. The minimum absolute atomic E-state index is 0.221. The Morgan fingerprint density at radius 2 is 2.41 bits per heavy atom. The minimum atomic E-state index is -1.18. The molecule has 0 aliphatic heterocycles. The first kappa shape index (κ1) is 12.7. The summed E-state index contributed by atoms with van der Waals surface area (Å²) in [5, 5.41) is 24.1. The molecule has 17 heavy (non-hydrogen) atoms. The second-order valence-electron chi connectivity index (χ2n) is 2.73. The van der Waals surface area contributed by atoms with Crippen LogP contribution in [0.25, 0.3) is 0 Å². The molecule has 8 heteroatoms. The number of aliphatic carboxylic acids is 1. The summed E-state index contributed by atoms with van der Waals surface area (Å²) in [6.07, 6.45) is 2.74. The summed E-state index contributed by atoms with van der Waals surface area (Å²) >= 11 is 1.30. The van der Waals surface area contributed by atoms with E-state index in [0.29, 0.717) is 5.13 Å². The molecule has 7 nitrogen and oxygen atoms in total. The Bertz CT molecular complexity index is 475. The van der Waals surface area contributed by atoms with Crippen molar-refractivity contribution in [3.63, 3.8) is 0 Å². The SMILES string of the molecule is N#C/C(=C/Nc1nccs1)C(=O)NCC(=O)O. The van der Waals surface area contributed by atoms with E-state index in [1.807, 2.05) is 0 Å². The summed E-state index contributed by atoms with van der Waals surface area (Å²) < 4.78 is 0. The highest BCUT2D eigenvalue weighted by molar-refractivity contribution is 7.13. The van der Waals surface area contributed by atoms with E-state index < -0.39 is 18.4 Å². The van der Waals surface area contributed by atoms with Gasteiger partial charge in [-0.25, -0.2) is 4.98 Å². The number of carbonyl (C=O) groups excluding carboxylic acids is 1. The molecule has 0 atom stereocenters. The lowest BCUT2D eigenvalue weighted by molar-refractivity contribution is -0.137. The summed E-state index contributed by atoms with van der Waals surface area (Å²) in [6.45, 7) is -0.533. The lowest BCUT2D eigenvalue weighted by atomic mass is 10.3. The van der Waals surface area contributed by atoms with Gasteiger partial charge in [0.1, 0.15) is 18.2 Å². The molecule has 1 rings (SSSR count). The second kappa shape index (κ2) is 6.24. The van der Waals surface area contributed by atoms with Gasteiger partial charge in [-0.15, -0.1) is 11.3 Å². The number of anilines is 1. The van der Waals surface area contributed by atoms with E-state index in [9.17, 15) is 9.59 Å². The molecule has 0 unspecified atom stereocenters. The highest BCUT2D eigenvalue weighted by atomic mass is 32.1. The smallest absolute Gasteiger partial charge is 0.322 e. The van der Waals surface area contributed by atoms with Crippen LogP contribution in [0.5, 0.6) is 0 Å². The zero-order chi connectivity index (χ0) is 12.7. The van der Waals surface area contributed by atoms with Crippen molar-refractivity contribution in [1.29, 1.82) is 5.26 Å². The fourth-order valence-electron chi connectivity index (χ4n) is 0.828. The van der Waals surface area contributed by atoms with Crippen LogP contribution in [0, 0.1) is 11.3 Å². The van der Waals surface area contributed by atoms with Crippen LogP contribution in [0.3, 0.4) is 0 Å². The monoisotopic (exact) mass is 252 g/mol. The van der Waals surface area contributed by atoms with Crippen LogP contribution in [0.4, 0.5) is 5.13 Å². The number of rotatable bonds is 5. The summed E-state index contributed by atoms with van der Waals surface area (Å²) in [6, 6.07) is 1.66. The van der Waals surface area contributed by atoms with Crippen molar-refractivity contribution in [3.8, 4) is 6.07 Å². The molecule has 1 amide bonds. The molecule has 88 valence electrons. The topological polar surface area (TPSA) is 115 Å². The maximum absolute atomic E-state index is 11.3. The van der Waals surface area contributed by atoms with E-state index in [1.165, 1.54) is 17.5 Å². The predicted molar refractivity (Wildman–Crippen MR) is 60.1 cm³/mol. The van der Waals surface area contributed by atoms with Crippen molar-refractivity contribution in [2.24, 2.45) is 0 Å². The Balaban J connectivity index is 2.58. The summed E-state index contributed by atoms with van der Waals surface area (Å²) in [7, 11) is 0. The molecule has 0 fully saturated rings. The van der Waals surface area contributed by atoms with E-state index >= 15 is 0 Å². The molecule has 0 saturated heterocycles. The van der Waals surface area contributed by atoms with Crippen molar-refractivity contribution in [2.45, 2.75) is 0 Å². The van der Waals surface area contributed by atoms with Crippen LogP contribution in [-0.4, -0.2) is 28.5 Å². The first-order valence-corrected chi connectivity index (χ1v) is 5.27. The van der Waals surface area contributed by atoms with Gasteiger partial charge in [-0.3, -0.25) is 9.59 Å². The number of thiazole rings is 1. The van der Waals surface area contributed by atoms with Gasteiger partial charge in [0.25, 0.3) is 5.91 Å². The van der Waals surface area contributed by atoms with Gasteiger partial charge < -0.3 is 15.7 Å². The zero-order valence-corrected chi connectivity index (χ0v) is 9.32. The number of carboxylic acids is 1. The number of nitrogens with zero attached hydrogens (tertiary/aromatic N) is 2.